The Labute approximate surface area is 111 Å². The molecule has 0 aliphatic heterocycles. The van der Waals surface area contributed by atoms with Crippen LogP contribution in [0.4, 0.5) is 0 Å². The van der Waals surface area contributed by atoms with Gasteiger partial charge in [0.05, 0.1) is 0 Å². The monoisotopic (exact) mass is 343 g/mol. The summed E-state index contributed by atoms with van der Waals surface area (Å²) in [5.74, 6) is 0.0954. The molecular weight excluding hydrogens is 333 g/mol. The average molecular weight is 343 g/mol. The van der Waals surface area contributed by atoms with Crippen molar-refractivity contribution in [3.05, 3.63) is 37.4 Å². The summed E-state index contributed by atoms with van der Waals surface area (Å²) in [4.78, 5) is 22.3. The molecule has 0 radical (unpaired) electrons. The standard InChI is InChI=1S/C11H10IN3O2/c1-5-3-7(4-6(2)13-5)9-14-10(16)8(12)11(17)15-9/h3-4H,1-2H3,(H2,14,15,16,17). The van der Waals surface area contributed by atoms with Gasteiger partial charge in [-0.15, -0.1) is 0 Å². The van der Waals surface area contributed by atoms with Crippen molar-refractivity contribution < 1.29 is 5.11 Å². The number of aromatic amines is 1. The minimum Gasteiger partial charge on any atom is -0.492 e. The van der Waals surface area contributed by atoms with E-state index in [2.05, 4.69) is 15.0 Å². The van der Waals surface area contributed by atoms with Gasteiger partial charge in [0.1, 0.15) is 9.39 Å². The van der Waals surface area contributed by atoms with Gasteiger partial charge in [-0.05, 0) is 48.6 Å². The topological polar surface area (TPSA) is 78.9 Å². The number of hydrogen-bond donors (Lipinski definition) is 2. The Morgan fingerprint density at radius 1 is 1.24 bits per heavy atom. The molecule has 17 heavy (non-hydrogen) atoms. The first-order valence-electron chi connectivity index (χ1n) is 4.92. The fourth-order valence-corrected chi connectivity index (χ4v) is 1.81. The molecule has 0 aliphatic carbocycles. The third kappa shape index (κ3) is 2.46. The second kappa shape index (κ2) is 4.44. The van der Waals surface area contributed by atoms with Crippen LogP contribution < -0.4 is 5.56 Å². The lowest BCUT2D eigenvalue weighted by Crippen LogP contribution is -2.12. The SMILES string of the molecule is Cc1cc(-c2nc(O)c(I)c(=O)[nH]2)cc(C)n1. The normalized spacial score (nSPS) is 10.5. The number of halogens is 1. The van der Waals surface area contributed by atoms with Gasteiger partial charge in [0, 0.05) is 17.0 Å². The maximum atomic E-state index is 11.5. The third-order valence-corrected chi connectivity index (χ3v) is 3.17. The zero-order valence-electron chi connectivity index (χ0n) is 9.28. The van der Waals surface area contributed by atoms with Gasteiger partial charge in [-0.1, -0.05) is 0 Å². The quantitative estimate of drug-likeness (QED) is 0.774. The fraction of sp³-hybridized carbons (Fsp3) is 0.182. The van der Waals surface area contributed by atoms with Crippen molar-refractivity contribution in [3.8, 4) is 17.3 Å². The maximum Gasteiger partial charge on any atom is 0.268 e. The second-order valence-corrected chi connectivity index (χ2v) is 4.77. The summed E-state index contributed by atoms with van der Waals surface area (Å²) in [7, 11) is 0. The predicted molar refractivity (Wildman–Crippen MR) is 71.9 cm³/mol. The van der Waals surface area contributed by atoms with Crippen LogP contribution in [0.15, 0.2) is 16.9 Å². The summed E-state index contributed by atoms with van der Waals surface area (Å²) in [5.41, 5.74) is 2.06. The average Bonchev–Trinajstić information content (AvgIpc) is 2.23. The smallest absolute Gasteiger partial charge is 0.268 e. The first kappa shape index (κ1) is 12.0. The molecule has 0 unspecified atom stereocenters. The summed E-state index contributed by atoms with van der Waals surface area (Å²) in [6, 6.07) is 3.61. The molecule has 2 aromatic heterocycles. The first-order chi connectivity index (χ1) is 7.97. The van der Waals surface area contributed by atoms with Crippen LogP contribution in [0, 0.1) is 17.4 Å². The Morgan fingerprint density at radius 2 is 1.82 bits per heavy atom. The van der Waals surface area contributed by atoms with E-state index in [-0.39, 0.29) is 15.0 Å². The molecule has 6 heteroatoms. The molecule has 5 nitrogen and oxygen atoms in total. The fourth-order valence-electron chi connectivity index (χ4n) is 1.55. The minimum absolute atomic E-state index is 0.189. The number of aromatic nitrogens is 3. The molecule has 0 atom stereocenters. The highest BCUT2D eigenvalue weighted by atomic mass is 127. The third-order valence-electron chi connectivity index (χ3n) is 2.20. The predicted octanol–water partition coefficient (Wildman–Crippen LogP) is 1.76. The van der Waals surface area contributed by atoms with Gasteiger partial charge >= 0.3 is 0 Å². The second-order valence-electron chi connectivity index (χ2n) is 3.69. The van der Waals surface area contributed by atoms with E-state index in [1.54, 1.807) is 34.7 Å². The molecule has 2 rings (SSSR count). The van der Waals surface area contributed by atoms with Gasteiger partial charge in [-0.3, -0.25) is 9.78 Å². The molecule has 88 valence electrons. The van der Waals surface area contributed by atoms with Crippen molar-refractivity contribution in [2.24, 2.45) is 0 Å². The summed E-state index contributed by atoms with van der Waals surface area (Å²) in [6.45, 7) is 3.72. The largest absolute Gasteiger partial charge is 0.492 e. The van der Waals surface area contributed by atoms with Crippen LogP contribution >= 0.6 is 22.6 Å². The van der Waals surface area contributed by atoms with Crippen LogP contribution in [0.5, 0.6) is 5.88 Å². The zero-order valence-corrected chi connectivity index (χ0v) is 11.4. The summed E-state index contributed by atoms with van der Waals surface area (Å²) in [5, 5.41) is 9.53. The number of pyridine rings is 1. The van der Waals surface area contributed by atoms with Crippen LogP contribution in [0.3, 0.4) is 0 Å². The Morgan fingerprint density at radius 3 is 2.35 bits per heavy atom. The van der Waals surface area contributed by atoms with Gasteiger partial charge in [0.25, 0.3) is 5.56 Å². The van der Waals surface area contributed by atoms with E-state index in [0.29, 0.717) is 5.82 Å². The van der Waals surface area contributed by atoms with Crippen molar-refractivity contribution in [3.63, 3.8) is 0 Å². The molecule has 2 heterocycles. The maximum absolute atomic E-state index is 11.5. The van der Waals surface area contributed by atoms with Crippen LogP contribution in [0.25, 0.3) is 11.4 Å². The lowest BCUT2D eigenvalue weighted by molar-refractivity contribution is 0.447. The Bertz CT molecular complexity index is 617. The minimum atomic E-state index is -0.347. The van der Waals surface area contributed by atoms with Gasteiger partial charge in [-0.2, -0.15) is 4.98 Å². The molecule has 2 N–H and O–H groups in total. The number of aryl methyl sites for hydroxylation is 2. The van der Waals surface area contributed by atoms with Crippen molar-refractivity contribution >= 4 is 22.6 Å². The molecule has 2 aromatic rings. The van der Waals surface area contributed by atoms with Gasteiger partial charge < -0.3 is 10.1 Å². The molecule has 0 bridgehead atoms. The van der Waals surface area contributed by atoms with Gasteiger partial charge in [0.2, 0.25) is 5.88 Å². The zero-order chi connectivity index (χ0) is 12.6. The van der Waals surface area contributed by atoms with Crippen molar-refractivity contribution in [1.29, 1.82) is 0 Å². The molecule has 0 amide bonds. The van der Waals surface area contributed by atoms with Crippen molar-refractivity contribution in [1.82, 2.24) is 15.0 Å². The Balaban J connectivity index is 2.65. The highest BCUT2D eigenvalue weighted by Gasteiger charge is 2.09. The lowest BCUT2D eigenvalue weighted by atomic mass is 10.2. The molecular formula is C11H10IN3O2. The molecule has 0 aromatic carbocycles. The number of rotatable bonds is 1. The number of nitrogens with zero attached hydrogens (tertiary/aromatic N) is 2. The van der Waals surface area contributed by atoms with E-state index in [1.807, 2.05) is 13.8 Å². The summed E-state index contributed by atoms with van der Waals surface area (Å²) >= 11 is 1.75. The Kier molecular flexibility index (Phi) is 3.14. The first-order valence-corrected chi connectivity index (χ1v) is 5.99. The van der Waals surface area contributed by atoms with Gasteiger partial charge in [-0.25, -0.2) is 0 Å². The molecule has 0 fully saturated rings. The van der Waals surface area contributed by atoms with Crippen molar-refractivity contribution in [2.45, 2.75) is 13.8 Å². The van der Waals surface area contributed by atoms with Crippen LogP contribution in [-0.4, -0.2) is 20.1 Å². The van der Waals surface area contributed by atoms with E-state index in [1.165, 1.54) is 0 Å². The Hall–Kier alpha value is -1.44. The summed E-state index contributed by atoms with van der Waals surface area (Å²) < 4.78 is 0.189. The van der Waals surface area contributed by atoms with Gasteiger partial charge in [0.15, 0.2) is 0 Å². The lowest BCUT2D eigenvalue weighted by Gasteiger charge is -2.04. The van der Waals surface area contributed by atoms with Crippen LogP contribution in [0.2, 0.25) is 0 Å². The molecule has 0 spiro atoms. The van der Waals surface area contributed by atoms with E-state index < -0.39 is 0 Å². The number of hydrogen-bond acceptors (Lipinski definition) is 4. The van der Waals surface area contributed by atoms with Crippen molar-refractivity contribution in [2.75, 3.05) is 0 Å². The van der Waals surface area contributed by atoms with Crippen LogP contribution in [0.1, 0.15) is 11.4 Å². The molecule has 0 saturated heterocycles. The summed E-state index contributed by atoms with van der Waals surface area (Å²) in [6.07, 6.45) is 0. The molecule has 0 saturated carbocycles. The van der Waals surface area contributed by atoms with E-state index in [4.69, 9.17) is 0 Å². The highest BCUT2D eigenvalue weighted by Crippen LogP contribution is 2.19. The number of nitrogens with one attached hydrogen (secondary N) is 1. The number of aromatic hydroxyl groups is 1. The van der Waals surface area contributed by atoms with E-state index in [0.717, 1.165) is 17.0 Å². The van der Waals surface area contributed by atoms with Crippen LogP contribution in [-0.2, 0) is 0 Å². The van der Waals surface area contributed by atoms with E-state index >= 15 is 0 Å². The molecule has 0 aliphatic rings. The van der Waals surface area contributed by atoms with E-state index in [9.17, 15) is 9.90 Å². The highest BCUT2D eigenvalue weighted by molar-refractivity contribution is 14.1. The number of H-pyrrole nitrogens is 1.